The fraction of sp³-hybridized carbons (Fsp3) is 0.125. The molecule has 56 valence electrons. The highest BCUT2D eigenvalue weighted by Gasteiger charge is 1.97. The van der Waals surface area contributed by atoms with Gasteiger partial charge >= 0.3 is 0 Å². The van der Waals surface area contributed by atoms with E-state index in [9.17, 15) is 0 Å². The van der Waals surface area contributed by atoms with Crippen LogP contribution >= 0.6 is 22.6 Å². The monoisotopic (exact) mass is 258 g/mol. The van der Waals surface area contributed by atoms with Crippen LogP contribution in [0.4, 0.5) is 5.69 Å². The molecule has 0 unspecified atom stereocenters. The number of halogens is 1. The Bertz CT molecular complexity index is 301. The minimum absolute atomic E-state index is 0.690. The predicted octanol–water partition coefficient (Wildman–Crippen LogP) is 2.20. The number of nitrogens with one attached hydrogen (secondary N) is 1. The summed E-state index contributed by atoms with van der Waals surface area (Å²) >= 11 is 2.22. The lowest BCUT2D eigenvalue weighted by Gasteiger charge is -2.02. The highest BCUT2D eigenvalue weighted by atomic mass is 127. The molecule has 0 amide bonds. The average Bonchev–Trinajstić information content (AvgIpc) is 2.05. The van der Waals surface area contributed by atoms with Gasteiger partial charge in [0.2, 0.25) is 0 Å². The zero-order chi connectivity index (χ0) is 8.27. The molecule has 0 fully saturated rings. The van der Waals surface area contributed by atoms with Crippen LogP contribution in [0.25, 0.3) is 0 Å². The van der Waals surface area contributed by atoms with Gasteiger partial charge in [0.05, 0.1) is 11.6 Å². The summed E-state index contributed by atoms with van der Waals surface area (Å²) in [7, 11) is 1.85. The molecule has 0 aliphatic heterocycles. The smallest absolute Gasteiger partial charge is 0.0992 e. The van der Waals surface area contributed by atoms with E-state index in [-0.39, 0.29) is 0 Å². The third-order valence-corrected chi connectivity index (χ3v) is 2.31. The van der Waals surface area contributed by atoms with Gasteiger partial charge in [-0.05, 0) is 40.8 Å². The van der Waals surface area contributed by atoms with Crippen molar-refractivity contribution < 1.29 is 0 Å². The predicted molar refractivity (Wildman–Crippen MR) is 53.4 cm³/mol. The van der Waals surface area contributed by atoms with E-state index < -0.39 is 0 Å². The number of nitriles is 1. The van der Waals surface area contributed by atoms with Crippen LogP contribution in [0.3, 0.4) is 0 Å². The first-order valence-corrected chi connectivity index (χ1v) is 4.23. The maximum absolute atomic E-state index is 8.57. The zero-order valence-corrected chi connectivity index (χ0v) is 8.21. The van der Waals surface area contributed by atoms with Gasteiger partial charge in [0.25, 0.3) is 0 Å². The molecular formula is C8H7IN2. The Morgan fingerprint density at radius 2 is 2.27 bits per heavy atom. The van der Waals surface area contributed by atoms with Crippen LogP contribution in [-0.4, -0.2) is 7.05 Å². The van der Waals surface area contributed by atoms with Crippen molar-refractivity contribution in [2.24, 2.45) is 0 Å². The SMILES string of the molecule is CNc1cc(C#N)ccc1I. The first-order chi connectivity index (χ1) is 5.27. The molecule has 0 aromatic heterocycles. The molecule has 0 saturated carbocycles. The lowest BCUT2D eigenvalue weighted by atomic mass is 10.2. The minimum Gasteiger partial charge on any atom is -0.387 e. The Morgan fingerprint density at radius 1 is 1.55 bits per heavy atom. The first kappa shape index (κ1) is 8.34. The Hall–Kier alpha value is -0.760. The van der Waals surface area contributed by atoms with E-state index in [2.05, 4.69) is 34.0 Å². The van der Waals surface area contributed by atoms with Gasteiger partial charge in [-0.2, -0.15) is 5.26 Å². The van der Waals surface area contributed by atoms with Crippen LogP contribution in [0, 0.1) is 14.9 Å². The Kier molecular flexibility index (Phi) is 2.71. The number of hydrogen-bond donors (Lipinski definition) is 1. The van der Waals surface area contributed by atoms with Crippen molar-refractivity contribution in [2.45, 2.75) is 0 Å². The molecular weight excluding hydrogens is 251 g/mol. The standard InChI is InChI=1S/C8H7IN2/c1-11-8-4-6(5-10)2-3-7(8)9/h2-4,11H,1H3. The molecule has 1 aromatic rings. The highest BCUT2D eigenvalue weighted by Crippen LogP contribution is 2.18. The van der Waals surface area contributed by atoms with Crippen LogP contribution in [0.1, 0.15) is 5.56 Å². The molecule has 0 atom stereocenters. The third-order valence-electron chi connectivity index (χ3n) is 1.36. The maximum Gasteiger partial charge on any atom is 0.0992 e. The van der Waals surface area contributed by atoms with Crippen molar-refractivity contribution in [3.8, 4) is 6.07 Å². The Balaban J connectivity index is 3.15. The fourth-order valence-electron chi connectivity index (χ4n) is 0.786. The van der Waals surface area contributed by atoms with Crippen LogP contribution in [0.5, 0.6) is 0 Å². The van der Waals surface area contributed by atoms with Gasteiger partial charge in [0.1, 0.15) is 0 Å². The lowest BCUT2D eigenvalue weighted by molar-refractivity contribution is 1.44. The lowest BCUT2D eigenvalue weighted by Crippen LogP contribution is -1.91. The summed E-state index contributed by atoms with van der Waals surface area (Å²) in [5.41, 5.74) is 1.69. The second kappa shape index (κ2) is 3.58. The largest absolute Gasteiger partial charge is 0.387 e. The summed E-state index contributed by atoms with van der Waals surface area (Å²) in [6.45, 7) is 0. The van der Waals surface area contributed by atoms with Crippen molar-refractivity contribution in [1.82, 2.24) is 0 Å². The molecule has 1 N–H and O–H groups in total. The van der Waals surface area contributed by atoms with E-state index in [1.54, 1.807) is 0 Å². The maximum atomic E-state index is 8.57. The Morgan fingerprint density at radius 3 is 2.82 bits per heavy atom. The molecule has 3 heteroatoms. The summed E-state index contributed by atoms with van der Waals surface area (Å²) in [6.07, 6.45) is 0. The topological polar surface area (TPSA) is 35.8 Å². The van der Waals surface area contributed by atoms with Gasteiger partial charge in [-0.1, -0.05) is 0 Å². The van der Waals surface area contributed by atoms with E-state index in [0.717, 1.165) is 9.26 Å². The van der Waals surface area contributed by atoms with Gasteiger partial charge in [-0.3, -0.25) is 0 Å². The second-order valence-corrected chi connectivity index (χ2v) is 3.22. The molecule has 0 radical (unpaired) electrons. The molecule has 11 heavy (non-hydrogen) atoms. The zero-order valence-electron chi connectivity index (χ0n) is 6.06. The summed E-state index contributed by atoms with van der Waals surface area (Å²) in [5, 5.41) is 11.6. The quantitative estimate of drug-likeness (QED) is 0.784. The number of benzene rings is 1. The summed E-state index contributed by atoms with van der Waals surface area (Å²) < 4.78 is 1.13. The van der Waals surface area contributed by atoms with Gasteiger partial charge < -0.3 is 5.32 Å². The molecule has 0 aliphatic rings. The summed E-state index contributed by atoms with van der Waals surface area (Å²) in [4.78, 5) is 0. The minimum atomic E-state index is 0.690. The fourth-order valence-corrected chi connectivity index (χ4v) is 1.39. The van der Waals surface area contributed by atoms with Gasteiger partial charge in [-0.15, -0.1) is 0 Å². The van der Waals surface area contributed by atoms with E-state index in [0.29, 0.717) is 5.56 Å². The summed E-state index contributed by atoms with van der Waals surface area (Å²) in [6, 6.07) is 7.65. The molecule has 2 nitrogen and oxygen atoms in total. The van der Waals surface area contributed by atoms with Gasteiger partial charge in [0.15, 0.2) is 0 Å². The molecule has 0 bridgehead atoms. The van der Waals surface area contributed by atoms with E-state index >= 15 is 0 Å². The molecule has 0 saturated heterocycles. The van der Waals surface area contributed by atoms with Crippen LogP contribution in [-0.2, 0) is 0 Å². The van der Waals surface area contributed by atoms with E-state index in [1.165, 1.54) is 0 Å². The molecule has 1 rings (SSSR count). The van der Waals surface area contributed by atoms with Crippen molar-refractivity contribution in [2.75, 3.05) is 12.4 Å². The van der Waals surface area contributed by atoms with Gasteiger partial charge in [0, 0.05) is 16.3 Å². The van der Waals surface area contributed by atoms with E-state index in [4.69, 9.17) is 5.26 Å². The third kappa shape index (κ3) is 1.84. The van der Waals surface area contributed by atoms with Gasteiger partial charge in [-0.25, -0.2) is 0 Å². The Labute approximate surface area is 79.4 Å². The second-order valence-electron chi connectivity index (χ2n) is 2.06. The average molecular weight is 258 g/mol. The summed E-state index contributed by atoms with van der Waals surface area (Å²) in [5.74, 6) is 0. The number of rotatable bonds is 1. The molecule has 1 aromatic carbocycles. The number of anilines is 1. The van der Waals surface area contributed by atoms with Crippen molar-refractivity contribution in [3.63, 3.8) is 0 Å². The van der Waals surface area contributed by atoms with Crippen molar-refractivity contribution in [1.29, 1.82) is 5.26 Å². The van der Waals surface area contributed by atoms with Crippen molar-refractivity contribution >= 4 is 28.3 Å². The van der Waals surface area contributed by atoms with E-state index in [1.807, 2.05) is 25.2 Å². The highest BCUT2D eigenvalue weighted by molar-refractivity contribution is 14.1. The molecule has 0 heterocycles. The van der Waals surface area contributed by atoms with Crippen LogP contribution in [0.2, 0.25) is 0 Å². The molecule has 0 spiro atoms. The number of hydrogen-bond acceptors (Lipinski definition) is 2. The molecule has 0 aliphatic carbocycles. The first-order valence-electron chi connectivity index (χ1n) is 3.15. The van der Waals surface area contributed by atoms with Crippen LogP contribution in [0.15, 0.2) is 18.2 Å². The normalized spacial score (nSPS) is 8.82. The number of nitrogens with zero attached hydrogens (tertiary/aromatic N) is 1. The van der Waals surface area contributed by atoms with Crippen LogP contribution < -0.4 is 5.32 Å². The van der Waals surface area contributed by atoms with Crippen molar-refractivity contribution in [3.05, 3.63) is 27.3 Å².